The van der Waals surface area contributed by atoms with Crippen LogP contribution in [-0.2, 0) is 4.79 Å². The fraction of sp³-hybridized carbons (Fsp3) is 0.467. The predicted molar refractivity (Wildman–Crippen MR) is 84.2 cm³/mol. The van der Waals surface area contributed by atoms with E-state index in [2.05, 4.69) is 28.2 Å². The molecule has 0 aliphatic carbocycles. The van der Waals surface area contributed by atoms with Gasteiger partial charge in [-0.1, -0.05) is 19.1 Å². The van der Waals surface area contributed by atoms with Crippen molar-refractivity contribution in [3.63, 3.8) is 0 Å². The van der Waals surface area contributed by atoms with E-state index in [1.807, 2.05) is 31.2 Å². The maximum Gasteiger partial charge on any atom is 0.319 e. The smallest absolute Gasteiger partial charge is 0.319 e. The first kappa shape index (κ1) is 17.0. The van der Waals surface area contributed by atoms with Gasteiger partial charge in [0, 0.05) is 18.8 Å². The van der Waals surface area contributed by atoms with E-state index in [1.165, 1.54) is 7.05 Å². The molecule has 1 aromatic rings. The van der Waals surface area contributed by atoms with Gasteiger partial charge in [0.1, 0.15) is 6.04 Å². The first-order valence-electron chi connectivity index (χ1n) is 7.10. The van der Waals surface area contributed by atoms with Crippen molar-refractivity contribution >= 4 is 17.6 Å². The Morgan fingerprint density at radius 3 is 2.57 bits per heavy atom. The van der Waals surface area contributed by atoms with Crippen molar-refractivity contribution < 1.29 is 9.59 Å². The molecule has 1 rings (SSSR count). The molecule has 0 aliphatic rings. The topological polar surface area (TPSA) is 82.3 Å². The van der Waals surface area contributed by atoms with Gasteiger partial charge >= 0.3 is 6.03 Å². The first-order chi connectivity index (χ1) is 9.97. The van der Waals surface area contributed by atoms with Crippen LogP contribution in [0.4, 0.5) is 10.5 Å². The highest BCUT2D eigenvalue weighted by Gasteiger charge is 2.14. The van der Waals surface area contributed by atoms with Crippen LogP contribution in [0.3, 0.4) is 0 Å². The zero-order valence-electron chi connectivity index (χ0n) is 13.0. The standard InChI is InChI=1S/C15H24N4O2/c1-5-17-10(2)12-7-6-8-13(9-12)19-15(21)18-11(3)14(20)16-4/h6-11,17H,5H2,1-4H3,(H,16,20)(H2,18,19,21). The van der Waals surface area contributed by atoms with Crippen LogP contribution in [0.5, 0.6) is 0 Å². The summed E-state index contributed by atoms with van der Waals surface area (Å²) in [6.45, 7) is 6.62. The Morgan fingerprint density at radius 2 is 1.95 bits per heavy atom. The molecular formula is C15H24N4O2. The van der Waals surface area contributed by atoms with Gasteiger partial charge in [-0.25, -0.2) is 4.79 Å². The molecule has 1 aromatic carbocycles. The summed E-state index contributed by atoms with van der Waals surface area (Å²) in [5, 5.41) is 11.1. The summed E-state index contributed by atoms with van der Waals surface area (Å²) in [4.78, 5) is 23.2. The van der Waals surface area contributed by atoms with E-state index >= 15 is 0 Å². The number of hydrogen-bond donors (Lipinski definition) is 4. The van der Waals surface area contributed by atoms with Crippen LogP contribution in [-0.4, -0.2) is 31.6 Å². The highest BCUT2D eigenvalue weighted by atomic mass is 16.2. The van der Waals surface area contributed by atoms with E-state index in [4.69, 9.17) is 0 Å². The average Bonchev–Trinajstić information content (AvgIpc) is 2.46. The lowest BCUT2D eigenvalue weighted by Gasteiger charge is -2.16. The predicted octanol–water partition coefficient (Wildman–Crippen LogP) is 1.61. The van der Waals surface area contributed by atoms with Crippen LogP contribution >= 0.6 is 0 Å². The normalized spacial score (nSPS) is 13.1. The van der Waals surface area contributed by atoms with Crippen molar-refractivity contribution in [2.45, 2.75) is 32.9 Å². The molecule has 0 fully saturated rings. The van der Waals surface area contributed by atoms with Crippen molar-refractivity contribution in [3.05, 3.63) is 29.8 Å². The number of urea groups is 1. The lowest BCUT2D eigenvalue weighted by atomic mass is 10.1. The van der Waals surface area contributed by atoms with E-state index in [0.717, 1.165) is 12.1 Å². The Kier molecular flexibility index (Phi) is 6.68. The molecule has 0 saturated heterocycles. The van der Waals surface area contributed by atoms with Gasteiger partial charge in [0.25, 0.3) is 0 Å². The van der Waals surface area contributed by atoms with E-state index in [0.29, 0.717) is 5.69 Å². The van der Waals surface area contributed by atoms with E-state index < -0.39 is 12.1 Å². The monoisotopic (exact) mass is 292 g/mol. The fourth-order valence-corrected chi connectivity index (χ4v) is 1.96. The molecule has 0 saturated carbocycles. The molecular weight excluding hydrogens is 268 g/mol. The van der Waals surface area contributed by atoms with Crippen LogP contribution in [0.25, 0.3) is 0 Å². The number of amides is 3. The minimum atomic E-state index is -0.584. The van der Waals surface area contributed by atoms with Crippen LogP contribution < -0.4 is 21.3 Å². The lowest BCUT2D eigenvalue weighted by molar-refractivity contribution is -0.122. The second-order valence-electron chi connectivity index (χ2n) is 4.84. The number of anilines is 1. The van der Waals surface area contributed by atoms with E-state index in [9.17, 15) is 9.59 Å². The number of rotatable bonds is 6. The van der Waals surface area contributed by atoms with Gasteiger partial charge in [0.05, 0.1) is 0 Å². The second-order valence-corrected chi connectivity index (χ2v) is 4.84. The molecule has 0 spiro atoms. The number of likely N-dealkylation sites (N-methyl/N-ethyl adjacent to an activating group) is 1. The third-order valence-corrected chi connectivity index (χ3v) is 3.14. The van der Waals surface area contributed by atoms with Crippen molar-refractivity contribution in [1.82, 2.24) is 16.0 Å². The molecule has 0 heterocycles. The molecule has 0 aromatic heterocycles. The van der Waals surface area contributed by atoms with Gasteiger partial charge in [-0.15, -0.1) is 0 Å². The van der Waals surface area contributed by atoms with Crippen molar-refractivity contribution in [1.29, 1.82) is 0 Å². The summed E-state index contributed by atoms with van der Waals surface area (Å²) in [5.74, 6) is -0.236. The Balaban J connectivity index is 2.64. The molecule has 2 unspecified atom stereocenters. The zero-order valence-corrected chi connectivity index (χ0v) is 13.0. The summed E-state index contributed by atoms with van der Waals surface area (Å²) in [7, 11) is 1.53. The zero-order chi connectivity index (χ0) is 15.8. The molecule has 4 N–H and O–H groups in total. The third kappa shape index (κ3) is 5.43. The quantitative estimate of drug-likeness (QED) is 0.643. The molecule has 0 bridgehead atoms. The van der Waals surface area contributed by atoms with Crippen LogP contribution in [0, 0.1) is 0 Å². The maximum atomic E-state index is 11.8. The molecule has 0 radical (unpaired) electrons. The van der Waals surface area contributed by atoms with Crippen molar-refractivity contribution in [2.24, 2.45) is 0 Å². The molecule has 21 heavy (non-hydrogen) atoms. The Bertz CT molecular complexity index is 490. The second kappa shape index (κ2) is 8.26. The summed E-state index contributed by atoms with van der Waals surface area (Å²) in [6, 6.07) is 6.84. The van der Waals surface area contributed by atoms with E-state index in [1.54, 1.807) is 6.92 Å². The van der Waals surface area contributed by atoms with Crippen LogP contribution in [0.15, 0.2) is 24.3 Å². The highest BCUT2D eigenvalue weighted by molar-refractivity contribution is 5.93. The lowest BCUT2D eigenvalue weighted by Crippen LogP contribution is -2.45. The molecule has 3 amide bonds. The van der Waals surface area contributed by atoms with Crippen molar-refractivity contribution in [2.75, 3.05) is 18.9 Å². The number of benzene rings is 1. The van der Waals surface area contributed by atoms with Gasteiger partial charge in [-0.3, -0.25) is 4.79 Å². The minimum absolute atomic E-state index is 0.213. The first-order valence-corrected chi connectivity index (χ1v) is 7.10. The largest absolute Gasteiger partial charge is 0.357 e. The number of nitrogens with one attached hydrogen (secondary N) is 4. The number of carbonyl (C=O) groups is 2. The maximum absolute atomic E-state index is 11.8. The highest BCUT2D eigenvalue weighted by Crippen LogP contribution is 2.17. The minimum Gasteiger partial charge on any atom is -0.357 e. The van der Waals surface area contributed by atoms with Gasteiger partial charge < -0.3 is 21.3 Å². The summed E-state index contributed by atoms with van der Waals surface area (Å²) in [6.07, 6.45) is 0. The third-order valence-electron chi connectivity index (χ3n) is 3.14. The SMILES string of the molecule is CCNC(C)c1cccc(NC(=O)NC(C)C(=O)NC)c1. The van der Waals surface area contributed by atoms with Crippen LogP contribution in [0.2, 0.25) is 0 Å². The van der Waals surface area contributed by atoms with Gasteiger partial charge in [-0.05, 0) is 38.1 Å². The average molecular weight is 292 g/mol. The molecule has 6 nitrogen and oxygen atoms in total. The van der Waals surface area contributed by atoms with Gasteiger partial charge in [0.2, 0.25) is 5.91 Å². The molecule has 0 aliphatic heterocycles. The van der Waals surface area contributed by atoms with E-state index in [-0.39, 0.29) is 11.9 Å². The molecule has 116 valence electrons. The summed E-state index contributed by atoms with van der Waals surface area (Å²) >= 11 is 0. The molecule has 2 atom stereocenters. The number of carbonyl (C=O) groups excluding carboxylic acids is 2. The van der Waals surface area contributed by atoms with Gasteiger partial charge in [-0.2, -0.15) is 0 Å². The van der Waals surface area contributed by atoms with Crippen molar-refractivity contribution in [3.8, 4) is 0 Å². The van der Waals surface area contributed by atoms with Gasteiger partial charge in [0.15, 0.2) is 0 Å². The number of hydrogen-bond acceptors (Lipinski definition) is 3. The Labute approximate surface area is 125 Å². The molecule has 6 heteroatoms. The Hall–Kier alpha value is -2.08. The summed E-state index contributed by atoms with van der Waals surface area (Å²) < 4.78 is 0. The summed E-state index contributed by atoms with van der Waals surface area (Å²) in [5.41, 5.74) is 1.79. The van der Waals surface area contributed by atoms with Crippen LogP contribution in [0.1, 0.15) is 32.4 Å². The Morgan fingerprint density at radius 1 is 1.24 bits per heavy atom. The fourth-order valence-electron chi connectivity index (χ4n) is 1.96.